The van der Waals surface area contributed by atoms with E-state index in [1.54, 1.807) is 12.1 Å². The van der Waals surface area contributed by atoms with Crippen LogP contribution in [-0.4, -0.2) is 19.5 Å². The Kier molecular flexibility index (Phi) is 4.70. The van der Waals surface area contributed by atoms with Crippen LogP contribution in [0.4, 0.5) is 0 Å². The van der Waals surface area contributed by atoms with Gasteiger partial charge < -0.3 is 5.11 Å². The number of nitrogens with zero attached hydrogens (tertiary/aromatic N) is 3. The van der Waals surface area contributed by atoms with Crippen LogP contribution in [0.2, 0.25) is 0 Å². The molecule has 0 amide bonds. The second-order valence-corrected chi connectivity index (χ2v) is 8.76. The van der Waals surface area contributed by atoms with Crippen LogP contribution in [0.5, 0.6) is 5.75 Å². The molecule has 2 heterocycles. The van der Waals surface area contributed by atoms with Gasteiger partial charge in [0.05, 0.1) is 16.9 Å². The summed E-state index contributed by atoms with van der Waals surface area (Å²) in [7, 11) is 0. The Morgan fingerprint density at radius 3 is 2.09 bits per heavy atom. The highest BCUT2D eigenvalue weighted by molar-refractivity contribution is 9.10. The smallest absolute Gasteiger partial charge is 0.149 e. The fraction of sp³-hybridized carbons (Fsp3) is 0. The van der Waals surface area contributed by atoms with Crippen molar-refractivity contribution in [2.45, 2.75) is 0 Å². The van der Waals surface area contributed by atoms with E-state index in [1.807, 2.05) is 54.6 Å². The molecule has 6 rings (SSSR count). The van der Waals surface area contributed by atoms with Crippen LogP contribution < -0.4 is 0 Å². The summed E-state index contributed by atoms with van der Waals surface area (Å²) in [5.41, 5.74) is 6.40. The molecule has 0 atom stereocenters. The summed E-state index contributed by atoms with van der Waals surface area (Å²) >= 11 is 3.60. The van der Waals surface area contributed by atoms with Crippen LogP contribution in [0.1, 0.15) is 0 Å². The maximum absolute atomic E-state index is 10.3. The second kappa shape index (κ2) is 7.87. The number of imidazole rings is 1. The van der Waals surface area contributed by atoms with Crippen molar-refractivity contribution in [1.82, 2.24) is 14.4 Å². The number of aromatic nitrogens is 3. The number of benzene rings is 4. The van der Waals surface area contributed by atoms with Gasteiger partial charge in [0.15, 0.2) is 0 Å². The third-order valence-electron chi connectivity index (χ3n) is 5.71. The Morgan fingerprint density at radius 1 is 0.667 bits per heavy atom. The molecule has 33 heavy (non-hydrogen) atoms. The zero-order valence-corrected chi connectivity index (χ0v) is 19.1. The number of aromatic hydroxyl groups is 1. The Morgan fingerprint density at radius 2 is 1.36 bits per heavy atom. The molecule has 0 aliphatic carbocycles. The summed E-state index contributed by atoms with van der Waals surface area (Å²) in [6.45, 7) is 0. The van der Waals surface area contributed by atoms with Crippen LogP contribution in [0.15, 0.2) is 108 Å². The van der Waals surface area contributed by atoms with Crippen molar-refractivity contribution in [3.63, 3.8) is 0 Å². The van der Waals surface area contributed by atoms with E-state index in [9.17, 15) is 5.11 Å². The van der Waals surface area contributed by atoms with Crippen LogP contribution in [0, 0.1) is 0 Å². The lowest BCUT2D eigenvalue weighted by Gasteiger charge is -2.12. The molecule has 5 heteroatoms. The number of hydrogen-bond acceptors (Lipinski definition) is 3. The first-order valence-electron chi connectivity index (χ1n) is 10.6. The van der Waals surface area contributed by atoms with E-state index in [4.69, 9.17) is 9.97 Å². The number of fused-ring (bicyclic) bond motifs is 3. The van der Waals surface area contributed by atoms with E-state index in [2.05, 4.69) is 56.7 Å². The molecule has 0 aliphatic rings. The zero-order valence-electron chi connectivity index (χ0n) is 17.5. The molecule has 0 saturated carbocycles. The third-order valence-corrected chi connectivity index (χ3v) is 6.21. The summed E-state index contributed by atoms with van der Waals surface area (Å²) in [6.07, 6.45) is 0. The summed E-state index contributed by atoms with van der Waals surface area (Å²) in [6, 6.07) is 33.8. The maximum Gasteiger partial charge on any atom is 0.149 e. The van der Waals surface area contributed by atoms with Gasteiger partial charge in [0.2, 0.25) is 0 Å². The van der Waals surface area contributed by atoms with E-state index in [-0.39, 0.29) is 5.75 Å². The van der Waals surface area contributed by atoms with Gasteiger partial charge in [0.25, 0.3) is 0 Å². The molecule has 0 saturated heterocycles. The quantitative estimate of drug-likeness (QED) is 0.281. The van der Waals surface area contributed by atoms with Gasteiger partial charge in [0, 0.05) is 26.5 Å². The van der Waals surface area contributed by atoms with Crippen molar-refractivity contribution < 1.29 is 5.11 Å². The van der Waals surface area contributed by atoms with Crippen molar-refractivity contribution in [3.8, 4) is 39.7 Å². The van der Waals surface area contributed by atoms with Gasteiger partial charge in [-0.3, -0.25) is 4.40 Å². The molecule has 0 fully saturated rings. The molecule has 0 spiro atoms. The molecule has 0 unspecified atom stereocenters. The van der Waals surface area contributed by atoms with Crippen molar-refractivity contribution in [2.75, 3.05) is 0 Å². The Balaban J connectivity index is 1.84. The largest absolute Gasteiger partial charge is 0.508 e. The first kappa shape index (κ1) is 19.7. The second-order valence-electron chi connectivity index (χ2n) is 7.85. The van der Waals surface area contributed by atoms with E-state index < -0.39 is 0 Å². The number of phenolic OH excluding ortho intramolecular Hbond substituents is 1. The molecular formula is C28H18BrN3O. The first-order valence-corrected chi connectivity index (χ1v) is 11.4. The number of halogens is 1. The molecule has 4 aromatic carbocycles. The maximum atomic E-state index is 10.3. The van der Waals surface area contributed by atoms with Crippen LogP contribution >= 0.6 is 15.9 Å². The molecular weight excluding hydrogens is 474 g/mol. The minimum Gasteiger partial charge on any atom is -0.508 e. The topological polar surface area (TPSA) is 50.4 Å². The molecule has 2 aromatic heterocycles. The predicted octanol–water partition coefficient (Wildman–Crippen LogP) is 7.35. The summed E-state index contributed by atoms with van der Waals surface area (Å²) in [4.78, 5) is 10.2. The van der Waals surface area contributed by atoms with Gasteiger partial charge in [-0.05, 0) is 30.3 Å². The SMILES string of the molecule is Oc1ccc2nc(-c3cccc(Br)c3)n3c(-c4ccccc4)c(-c4ccccc4)nc3c2c1. The molecule has 0 radical (unpaired) electrons. The zero-order chi connectivity index (χ0) is 22.4. The summed E-state index contributed by atoms with van der Waals surface area (Å²) in [5, 5.41) is 11.1. The van der Waals surface area contributed by atoms with Gasteiger partial charge in [-0.1, -0.05) is 88.7 Å². The first-order chi connectivity index (χ1) is 16.2. The minimum absolute atomic E-state index is 0.187. The standard InChI is InChI=1S/C28H18BrN3O/c29-21-13-7-12-20(16-21)27-30-24-15-14-22(33)17-23(24)28-31-25(18-8-3-1-4-9-18)26(32(27)28)19-10-5-2-6-11-19/h1-17,33H. The molecule has 6 aromatic rings. The van der Waals surface area contributed by atoms with Gasteiger partial charge in [-0.25, -0.2) is 9.97 Å². The van der Waals surface area contributed by atoms with Gasteiger partial charge in [-0.2, -0.15) is 0 Å². The molecule has 0 aliphatic heterocycles. The van der Waals surface area contributed by atoms with Crippen molar-refractivity contribution in [1.29, 1.82) is 0 Å². The molecule has 1 N–H and O–H groups in total. The van der Waals surface area contributed by atoms with Gasteiger partial charge >= 0.3 is 0 Å². The predicted molar refractivity (Wildman–Crippen MR) is 136 cm³/mol. The summed E-state index contributed by atoms with van der Waals surface area (Å²) < 4.78 is 3.09. The lowest BCUT2D eigenvalue weighted by Crippen LogP contribution is -2.00. The monoisotopic (exact) mass is 491 g/mol. The minimum atomic E-state index is 0.187. The van der Waals surface area contributed by atoms with Crippen LogP contribution in [0.3, 0.4) is 0 Å². The van der Waals surface area contributed by atoms with E-state index in [0.29, 0.717) is 0 Å². The average molecular weight is 492 g/mol. The van der Waals surface area contributed by atoms with Crippen molar-refractivity contribution in [2.24, 2.45) is 0 Å². The van der Waals surface area contributed by atoms with Gasteiger partial charge in [-0.15, -0.1) is 0 Å². The number of phenols is 1. The van der Waals surface area contributed by atoms with Gasteiger partial charge in [0.1, 0.15) is 17.2 Å². The molecule has 158 valence electrons. The van der Waals surface area contributed by atoms with E-state index in [0.717, 1.165) is 54.9 Å². The number of hydrogen-bond donors (Lipinski definition) is 1. The van der Waals surface area contributed by atoms with Crippen molar-refractivity contribution >= 4 is 32.5 Å². The molecule has 4 nitrogen and oxygen atoms in total. The average Bonchev–Trinajstić information content (AvgIpc) is 3.26. The third kappa shape index (κ3) is 3.38. The highest BCUT2D eigenvalue weighted by Gasteiger charge is 2.22. The van der Waals surface area contributed by atoms with Crippen LogP contribution in [0.25, 0.3) is 50.5 Å². The normalized spacial score (nSPS) is 11.3. The fourth-order valence-corrected chi connectivity index (χ4v) is 4.65. The molecule has 0 bridgehead atoms. The van der Waals surface area contributed by atoms with E-state index in [1.165, 1.54) is 0 Å². The number of rotatable bonds is 3. The fourth-order valence-electron chi connectivity index (χ4n) is 4.25. The van der Waals surface area contributed by atoms with Crippen molar-refractivity contribution in [3.05, 3.63) is 108 Å². The highest BCUT2D eigenvalue weighted by Crippen LogP contribution is 2.38. The Labute approximate surface area is 199 Å². The van der Waals surface area contributed by atoms with E-state index >= 15 is 0 Å². The summed E-state index contributed by atoms with van der Waals surface area (Å²) in [5.74, 6) is 0.977. The lowest BCUT2D eigenvalue weighted by atomic mass is 10.0. The van der Waals surface area contributed by atoms with Crippen LogP contribution in [-0.2, 0) is 0 Å². The Hall–Kier alpha value is -3.96. The Bertz CT molecular complexity index is 1630. The lowest BCUT2D eigenvalue weighted by molar-refractivity contribution is 0.476. The highest BCUT2D eigenvalue weighted by atomic mass is 79.9.